The maximum Gasteiger partial charge on any atom is 0.220 e. The summed E-state index contributed by atoms with van der Waals surface area (Å²) in [4.78, 5) is 22.6. The van der Waals surface area contributed by atoms with Gasteiger partial charge in [0, 0.05) is 44.6 Å². The molecule has 2 aromatic heterocycles. The van der Waals surface area contributed by atoms with E-state index in [-0.39, 0.29) is 12.5 Å². The molecule has 1 amide bonds. The summed E-state index contributed by atoms with van der Waals surface area (Å²) in [5.74, 6) is 0.816. The summed E-state index contributed by atoms with van der Waals surface area (Å²) in [6.07, 6.45) is 7.84. The molecular formula is C19H24N4O2. The molecule has 0 radical (unpaired) electrons. The summed E-state index contributed by atoms with van der Waals surface area (Å²) >= 11 is 0. The van der Waals surface area contributed by atoms with Gasteiger partial charge in [-0.1, -0.05) is 12.1 Å². The van der Waals surface area contributed by atoms with Gasteiger partial charge in [-0.05, 0) is 43.0 Å². The second kappa shape index (κ2) is 8.07. The van der Waals surface area contributed by atoms with E-state index in [1.807, 2.05) is 30.3 Å². The number of β-amino-alcohol motifs (C(OH)–C–C–N with tert-alkyl or cyclic N) is 1. The van der Waals surface area contributed by atoms with Crippen molar-refractivity contribution in [3.8, 4) is 0 Å². The molecule has 1 aliphatic rings. The largest absolute Gasteiger partial charge is 0.386 e. The Morgan fingerprint density at radius 1 is 1.28 bits per heavy atom. The zero-order valence-corrected chi connectivity index (χ0v) is 14.3. The number of aromatic nitrogens is 2. The number of aryl methyl sites for hydroxylation is 1. The SMILES string of the molecule is O=C(CCc1cccnc1)NC[C@]1(O)CCCN(c2ccccn2)C1. The summed E-state index contributed by atoms with van der Waals surface area (Å²) in [5, 5.41) is 13.7. The van der Waals surface area contributed by atoms with E-state index in [1.165, 1.54) is 0 Å². The summed E-state index contributed by atoms with van der Waals surface area (Å²) in [6.45, 7) is 1.61. The Labute approximate surface area is 147 Å². The monoisotopic (exact) mass is 340 g/mol. The number of nitrogens with one attached hydrogen (secondary N) is 1. The summed E-state index contributed by atoms with van der Waals surface area (Å²) < 4.78 is 0. The van der Waals surface area contributed by atoms with Gasteiger partial charge in [0.15, 0.2) is 0 Å². The third kappa shape index (κ3) is 5.00. The zero-order valence-electron chi connectivity index (χ0n) is 14.3. The third-order valence-corrected chi connectivity index (χ3v) is 4.51. The Morgan fingerprint density at radius 2 is 2.20 bits per heavy atom. The predicted molar refractivity (Wildman–Crippen MR) is 96.2 cm³/mol. The maximum absolute atomic E-state index is 12.1. The van der Waals surface area contributed by atoms with Crippen LogP contribution in [-0.4, -0.2) is 46.2 Å². The minimum atomic E-state index is -0.917. The van der Waals surface area contributed by atoms with Crippen molar-refractivity contribution in [3.63, 3.8) is 0 Å². The van der Waals surface area contributed by atoms with E-state index in [0.29, 0.717) is 25.8 Å². The van der Waals surface area contributed by atoms with Crippen LogP contribution in [0.5, 0.6) is 0 Å². The predicted octanol–water partition coefficient (Wildman–Crippen LogP) is 1.56. The summed E-state index contributed by atoms with van der Waals surface area (Å²) in [5.41, 5.74) is 0.120. The molecule has 1 aliphatic heterocycles. The van der Waals surface area contributed by atoms with Crippen LogP contribution in [0, 0.1) is 0 Å². The van der Waals surface area contributed by atoms with Gasteiger partial charge in [0.2, 0.25) is 5.91 Å². The van der Waals surface area contributed by atoms with Crippen LogP contribution in [0.25, 0.3) is 0 Å². The molecule has 132 valence electrons. The smallest absolute Gasteiger partial charge is 0.220 e. The van der Waals surface area contributed by atoms with E-state index in [2.05, 4.69) is 20.2 Å². The minimum absolute atomic E-state index is 0.0489. The minimum Gasteiger partial charge on any atom is -0.386 e. The molecule has 6 nitrogen and oxygen atoms in total. The van der Waals surface area contributed by atoms with Crippen LogP contribution in [0.4, 0.5) is 5.82 Å². The van der Waals surface area contributed by atoms with Crippen molar-refractivity contribution in [2.24, 2.45) is 0 Å². The molecule has 0 spiro atoms. The second-order valence-electron chi connectivity index (χ2n) is 6.58. The first-order chi connectivity index (χ1) is 12.1. The molecule has 0 unspecified atom stereocenters. The molecule has 3 rings (SSSR count). The lowest BCUT2D eigenvalue weighted by Gasteiger charge is -2.39. The fourth-order valence-corrected chi connectivity index (χ4v) is 3.15. The Balaban J connectivity index is 1.48. The molecular weight excluding hydrogens is 316 g/mol. The number of hydrogen-bond donors (Lipinski definition) is 2. The second-order valence-corrected chi connectivity index (χ2v) is 6.58. The van der Waals surface area contributed by atoms with Crippen molar-refractivity contribution in [1.29, 1.82) is 0 Å². The number of amides is 1. The van der Waals surface area contributed by atoms with Crippen LogP contribution in [0.3, 0.4) is 0 Å². The van der Waals surface area contributed by atoms with E-state index in [4.69, 9.17) is 0 Å². The number of hydrogen-bond acceptors (Lipinski definition) is 5. The number of pyridine rings is 2. The van der Waals surface area contributed by atoms with Crippen LogP contribution in [0.1, 0.15) is 24.8 Å². The van der Waals surface area contributed by atoms with E-state index in [1.54, 1.807) is 18.6 Å². The number of aliphatic hydroxyl groups is 1. The molecule has 0 aromatic carbocycles. The highest BCUT2D eigenvalue weighted by Crippen LogP contribution is 2.24. The third-order valence-electron chi connectivity index (χ3n) is 4.51. The van der Waals surface area contributed by atoms with Crippen LogP contribution >= 0.6 is 0 Å². The molecule has 0 saturated carbocycles. The molecule has 1 fully saturated rings. The van der Waals surface area contributed by atoms with Crippen LogP contribution in [-0.2, 0) is 11.2 Å². The van der Waals surface area contributed by atoms with Gasteiger partial charge in [-0.2, -0.15) is 0 Å². The van der Waals surface area contributed by atoms with Gasteiger partial charge in [0.25, 0.3) is 0 Å². The average molecular weight is 340 g/mol. The van der Waals surface area contributed by atoms with Crippen molar-refractivity contribution in [2.75, 3.05) is 24.5 Å². The number of nitrogens with zero attached hydrogens (tertiary/aromatic N) is 3. The van der Waals surface area contributed by atoms with Crippen molar-refractivity contribution in [2.45, 2.75) is 31.3 Å². The van der Waals surface area contributed by atoms with E-state index in [9.17, 15) is 9.90 Å². The Morgan fingerprint density at radius 3 is 2.96 bits per heavy atom. The van der Waals surface area contributed by atoms with Crippen LogP contribution in [0.15, 0.2) is 48.9 Å². The average Bonchev–Trinajstić information content (AvgIpc) is 2.66. The van der Waals surface area contributed by atoms with E-state index < -0.39 is 5.60 Å². The molecule has 6 heteroatoms. The number of carbonyl (C=O) groups is 1. The first-order valence-electron chi connectivity index (χ1n) is 8.69. The van der Waals surface area contributed by atoms with Crippen molar-refractivity contribution >= 4 is 11.7 Å². The maximum atomic E-state index is 12.1. The molecule has 3 heterocycles. The van der Waals surface area contributed by atoms with Crippen molar-refractivity contribution < 1.29 is 9.90 Å². The van der Waals surface area contributed by atoms with Crippen molar-refractivity contribution in [1.82, 2.24) is 15.3 Å². The highest BCUT2D eigenvalue weighted by Gasteiger charge is 2.34. The standard InChI is InChI=1S/C19H24N4O2/c24-18(8-7-16-5-3-10-20-13-16)22-14-19(25)9-4-12-23(15-19)17-6-1-2-11-21-17/h1-3,5-6,10-11,13,25H,4,7-9,12,14-15H2,(H,22,24)/t19-/m1/s1. The number of piperidine rings is 1. The van der Waals surface area contributed by atoms with Gasteiger partial charge in [-0.15, -0.1) is 0 Å². The van der Waals surface area contributed by atoms with Gasteiger partial charge in [-0.3, -0.25) is 9.78 Å². The molecule has 2 aromatic rings. The lowest BCUT2D eigenvalue weighted by molar-refractivity contribution is -0.122. The normalized spacial score (nSPS) is 20.3. The molecule has 1 atom stereocenters. The molecule has 0 aliphatic carbocycles. The van der Waals surface area contributed by atoms with Gasteiger partial charge in [-0.25, -0.2) is 4.98 Å². The highest BCUT2D eigenvalue weighted by molar-refractivity contribution is 5.76. The van der Waals surface area contributed by atoms with Crippen LogP contribution < -0.4 is 10.2 Å². The Kier molecular flexibility index (Phi) is 5.60. The summed E-state index contributed by atoms with van der Waals surface area (Å²) in [6, 6.07) is 9.58. The zero-order chi connectivity index (χ0) is 17.5. The summed E-state index contributed by atoms with van der Waals surface area (Å²) in [7, 11) is 0. The van der Waals surface area contributed by atoms with Gasteiger partial charge >= 0.3 is 0 Å². The van der Waals surface area contributed by atoms with Gasteiger partial charge in [0.1, 0.15) is 5.82 Å². The van der Waals surface area contributed by atoms with E-state index >= 15 is 0 Å². The fraction of sp³-hybridized carbons (Fsp3) is 0.421. The fourth-order valence-electron chi connectivity index (χ4n) is 3.15. The van der Waals surface area contributed by atoms with Crippen molar-refractivity contribution in [3.05, 3.63) is 54.5 Å². The quantitative estimate of drug-likeness (QED) is 0.834. The number of carbonyl (C=O) groups excluding carboxylic acids is 1. The number of rotatable bonds is 6. The lowest BCUT2D eigenvalue weighted by Crippen LogP contribution is -2.54. The first-order valence-corrected chi connectivity index (χ1v) is 8.69. The van der Waals surface area contributed by atoms with E-state index in [0.717, 1.165) is 24.3 Å². The van der Waals surface area contributed by atoms with Crippen LogP contribution in [0.2, 0.25) is 0 Å². The highest BCUT2D eigenvalue weighted by atomic mass is 16.3. The van der Waals surface area contributed by atoms with Gasteiger partial charge in [0.05, 0.1) is 5.60 Å². The molecule has 0 bridgehead atoms. The molecule has 2 N–H and O–H groups in total. The van der Waals surface area contributed by atoms with Gasteiger partial charge < -0.3 is 15.3 Å². The Bertz CT molecular complexity index is 680. The lowest BCUT2D eigenvalue weighted by atomic mass is 9.92. The number of anilines is 1. The molecule has 1 saturated heterocycles. The first kappa shape index (κ1) is 17.4. The molecule has 25 heavy (non-hydrogen) atoms. The Hall–Kier alpha value is -2.47. The topological polar surface area (TPSA) is 78.3 Å².